The van der Waals surface area contributed by atoms with Gasteiger partial charge in [0.1, 0.15) is 17.1 Å². The Balaban J connectivity index is 1.93. The van der Waals surface area contributed by atoms with Gasteiger partial charge in [0.2, 0.25) is 0 Å². The highest BCUT2D eigenvalue weighted by Crippen LogP contribution is 2.31. The maximum atomic E-state index is 12.6. The van der Waals surface area contributed by atoms with Gasteiger partial charge in [-0.15, -0.1) is 0 Å². The zero-order chi connectivity index (χ0) is 18.2. The maximum Gasteiger partial charge on any atom is 0.432 e. The first-order valence-corrected chi connectivity index (χ1v) is 6.64. The molecule has 0 spiro atoms. The molecule has 0 saturated carbocycles. The Bertz CT molecular complexity index is 882. The first-order chi connectivity index (χ1) is 11.6. The van der Waals surface area contributed by atoms with Crippen LogP contribution in [0.2, 0.25) is 0 Å². The Morgan fingerprint density at radius 2 is 1.44 bits per heavy atom. The van der Waals surface area contributed by atoms with Crippen molar-refractivity contribution in [2.75, 3.05) is 0 Å². The number of H-pyrrole nitrogens is 1. The molecule has 0 aliphatic carbocycles. The third-order valence-corrected chi connectivity index (χ3v) is 3.10. The van der Waals surface area contributed by atoms with Crippen LogP contribution in [-0.4, -0.2) is 25.1 Å². The van der Waals surface area contributed by atoms with Crippen LogP contribution in [-0.2, 0) is 12.4 Å². The first-order valence-electron chi connectivity index (χ1n) is 6.64. The minimum atomic E-state index is -4.58. The number of pyridine rings is 1. The minimum absolute atomic E-state index is 0.0684. The van der Waals surface area contributed by atoms with Gasteiger partial charge in [-0.2, -0.15) is 31.4 Å². The van der Waals surface area contributed by atoms with Crippen LogP contribution in [0.15, 0.2) is 36.7 Å². The van der Waals surface area contributed by atoms with Gasteiger partial charge in [-0.1, -0.05) is 6.07 Å². The molecule has 3 aromatic heterocycles. The molecule has 25 heavy (non-hydrogen) atoms. The lowest BCUT2D eigenvalue weighted by Gasteiger charge is -2.06. The van der Waals surface area contributed by atoms with Gasteiger partial charge in [0, 0.05) is 12.4 Å². The predicted octanol–water partition coefficient (Wildman–Crippen LogP) is 3.97. The van der Waals surface area contributed by atoms with Gasteiger partial charge in [0.25, 0.3) is 0 Å². The summed E-state index contributed by atoms with van der Waals surface area (Å²) in [5.41, 5.74) is -1.94. The topological polar surface area (TPSA) is 67.3 Å². The van der Waals surface area contributed by atoms with E-state index in [9.17, 15) is 26.3 Å². The van der Waals surface area contributed by atoms with Gasteiger partial charge in [0.15, 0.2) is 5.82 Å². The predicted molar refractivity (Wildman–Crippen MR) is 72.8 cm³/mol. The van der Waals surface area contributed by atoms with E-state index in [-0.39, 0.29) is 22.9 Å². The second-order valence-corrected chi connectivity index (χ2v) is 4.87. The molecule has 0 atom stereocenters. The highest BCUT2D eigenvalue weighted by atomic mass is 19.4. The quantitative estimate of drug-likeness (QED) is 0.703. The van der Waals surface area contributed by atoms with E-state index in [1.54, 1.807) is 0 Å². The third kappa shape index (κ3) is 3.59. The molecule has 3 heterocycles. The second kappa shape index (κ2) is 5.83. The number of hydrogen-bond acceptors (Lipinski definition) is 4. The molecule has 130 valence electrons. The maximum absolute atomic E-state index is 12.6. The Hall–Kier alpha value is -2.98. The number of halogens is 6. The fraction of sp³-hybridized carbons (Fsp3) is 0.143. The molecular weight excluding hydrogens is 352 g/mol. The smallest absolute Gasteiger partial charge is 0.273 e. The van der Waals surface area contributed by atoms with Crippen molar-refractivity contribution in [3.63, 3.8) is 0 Å². The summed E-state index contributed by atoms with van der Waals surface area (Å²) in [5, 5.41) is 5.39. The van der Waals surface area contributed by atoms with Crippen molar-refractivity contribution in [3.05, 3.63) is 47.9 Å². The zero-order valence-electron chi connectivity index (χ0n) is 12.0. The summed E-state index contributed by atoms with van der Waals surface area (Å²) in [4.78, 5) is 11.2. The average Bonchev–Trinajstić information content (AvgIpc) is 3.05. The van der Waals surface area contributed by atoms with Gasteiger partial charge in [-0.3, -0.25) is 5.10 Å². The lowest BCUT2D eigenvalue weighted by atomic mass is 10.2. The summed E-state index contributed by atoms with van der Waals surface area (Å²) < 4.78 is 75.3. The van der Waals surface area contributed by atoms with Crippen molar-refractivity contribution in [2.24, 2.45) is 0 Å². The van der Waals surface area contributed by atoms with Gasteiger partial charge in [-0.25, -0.2) is 15.0 Å². The first kappa shape index (κ1) is 16.9. The number of aromatic nitrogens is 5. The fourth-order valence-corrected chi connectivity index (χ4v) is 1.91. The van der Waals surface area contributed by atoms with Crippen molar-refractivity contribution in [1.29, 1.82) is 0 Å². The van der Waals surface area contributed by atoms with Crippen molar-refractivity contribution in [1.82, 2.24) is 25.1 Å². The molecule has 0 amide bonds. The lowest BCUT2D eigenvalue weighted by molar-refractivity contribution is -0.141. The highest BCUT2D eigenvalue weighted by molar-refractivity contribution is 5.60. The van der Waals surface area contributed by atoms with Gasteiger partial charge in [0.05, 0.1) is 11.3 Å². The van der Waals surface area contributed by atoms with Crippen LogP contribution in [0.5, 0.6) is 0 Å². The average molecular weight is 359 g/mol. The Kier molecular flexibility index (Phi) is 3.93. The molecule has 0 aliphatic rings. The van der Waals surface area contributed by atoms with E-state index in [1.807, 2.05) is 5.10 Å². The summed E-state index contributed by atoms with van der Waals surface area (Å²) in [6, 6.07) is 5.06. The normalized spacial score (nSPS) is 12.4. The number of alkyl halides is 6. The molecular formula is C14H7F6N5. The van der Waals surface area contributed by atoms with E-state index in [0.717, 1.165) is 6.07 Å². The number of nitrogens with zero attached hydrogens (tertiary/aromatic N) is 4. The van der Waals surface area contributed by atoms with Crippen LogP contribution in [0.25, 0.3) is 22.9 Å². The lowest BCUT2D eigenvalue weighted by Crippen LogP contribution is -2.06. The molecule has 11 heteroatoms. The standard InChI is InChI=1S/C14H7F6N5/c15-13(16,17)7-5-21-12(22-6-7)9-3-1-2-8(23-9)10-4-11(25-24-10)14(18,19)20/h1-6H,(H,24,25). The number of rotatable bonds is 2. The van der Waals surface area contributed by atoms with Crippen LogP contribution >= 0.6 is 0 Å². The second-order valence-electron chi connectivity index (χ2n) is 4.87. The zero-order valence-corrected chi connectivity index (χ0v) is 12.0. The van der Waals surface area contributed by atoms with Gasteiger partial charge in [-0.05, 0) is 18.2 Å². The van der Waals surface area contributed by atoms with Crippen molar-refractivity contribution in [2.45, 2.75) is 12.4 Å². The Morgan fingerprint density at radius 3 is 2.00 bits per heavy atom. The molecule has 0 bridgehead atoms. The summed E-state index contributed by atoms with van der Waals surface area (Å²) in [6.07, 6.45) is -7.95. The van der Waals surface area contributed by atoms with Crippen molar-refractivity contribution in [3.8, 4) is 22.9 Å². The van der Waals surface area contributed by atoms with E-state index < -0.39 is 23.6 Å². The van der Waals surface area contributed by atoms with Gasteiger partial charge >= 0.3 is 12.4 Å². The molecule has 3 aromatic rings. The van der Waals surface area contributed by atoms with Crippen LogP contribution in [0.3, 0.4) is 0 Å². The van der Waals surface area contributed by atoms with Crippen LogP contribution in [0.1, 0.15) is 11.3 Å². The fourth-order valence-electron chi connectivity index (χ4n) is 1.91. The van der Waals surface area contributed by atoms with E-state index in [4.69, 9.17) is 0 Å². The third-order valence-electron chi connectivity index (χ3n) is 3.10. The molecule has 0 radical (unpaired) electrons. The van der Waals surface area contributed by atoms with Crippen LogP contribution in [0, 0.1) is 0 Å². The molecule has 0 aliphatic heterocycles. The minimum Gasteiger partial charge on any atom is -0.273 e. The van der Waals surface area contributed by atoms with Gasteiger partial charge < -0.3 is 0 Å². The molecule has 0 unspecified atom stereocenters. The van der Waals surface area contributed by atoms with E-state index in [2.05, 4.69) is 20.1 Å². The van der Waals surface area contributed by atoms with E-state index in [0.29, 0.717) is 12.4 Å². The van der Waals surface area contributed by atoms with Crippen LogP contribution in [0.4, 0.5) is 26.3 Å². The van der Waals surface area contributed by atoms with Crippen molar-refractivity contribution < 1.29 is 26.3 Å². The Labute approximate surface area is 135 Å². The molecule has 1 N–H and O–H groups in total. The highest BCUT2D eigenvalue weighted by Gasteiger charge is 2.33. The number of hydrogen-bond donors (Lipinski definition) is 1. The summed E-state index contributed by atoms with van der Waals surface area (Å²) in [7, 11) is 0. The molecule has 5 nitrogen and oxygen atoms in total. The monoisotopic (exact) mass is 359 g/mol. The summed E-state index contributed by atoms with van der Waals surface area (Å²) in [6.45, 7) is 0. The largest absolute Gasteiger partial charge is 0.432 e. The number of nitrogens with one attached hydrogen (secondary N) is 1. The van der Waals surface area contributed by atoms with E-state index >= 15 is 0 Å². The molecule has 0 fully saturated rings. The summed E-state index contributed by atoms with van der Waals surface area (Å²) >= 11 is 0. The summed E-state index contributed by atoms with van der Waals surface area (Å²) in [5.74, 6) is -0.0959. The SMILES string of the molecule is FC(F)(F)c1cnc(-c2cccc(-c3cc(C(F)(F)F)[nH]n3)n2)nc1. The molecule has 0 saturated heterocycles. The molecule has 0 aromatic carbocycles. The van der Waals surface area contributed by atoms with E-state index in [1.165, 1.54) is 18.2 Å². The van der Waals surface area contributed by atoms with Crippen LogP contribution < -0.4 is 0 Å². The van der Waals surface area contributed by atoms with Crippen molar-refractivity contribution >= 4 is 0 Å². The number of aromatic amines is 1. The molecule has 3 rings (SSSR count). The Morgan fingerprint density at radius 1 is 0.800 bits per heavy atom.